The second-order valence-electron chi connectivity index (χ2n) is 2.18. The van der Waals surface area contributed by atoms with Gasteiger partial charge in [0.1, 0.15) is 0 Å². The Kier molecular flexibility index (Phi) is 3.31. The second kappa shape index (κ2) is 4.49. The zero-order chi connectivity index (χ0) is 9.68. The largest absolute Gasteiger partial charge is 0.464 e. The molecule has 5 nitrogen and oxygen atoms in total. The van der Waals surface area contributed by atoms with Crippen molar-refractivity contribution in [1.29, 1.82) is 0 Å². The first-order chi connectivity index (χ1) is 6.27. The summed E-state index contributed by atoms with van der Waals surface area (Å²) in [6.07, 6.45) is 0. The molecule has 0 N–H and O–H groups in total. The summed E-state index contributed by atoms with van der Waals surface area (Å²) in [5.41, 5.74) is 0.130. The summed E-state index contributed by atoms with van der Waals surface area (Å²) in [6.45, 7) is 4.32. The summed E-state index contributed by atoms with van der Waals surface area (Å²) >= 11 is 0. The van der Waals surface area contributed by atoms with Crippen LogP contribution < -0.4 is 4.74 Å². The van der Waals surface area contributed by atoms with Crippen LogP contribution in [0.2, 0.25) is 0 Å². The van der Waals surface area contributed by atoms with E-state index in [9.17, 15) is 4.79 Å². The van der Waals surface area contributed by atoms with E-state index in [1.807, 2.05) is 6.92 Å². The van der Waals surface area contributed by atoms with E-state index in [0.29, 0.717) is 13.2 Å². The van der Waals surface area contributed by atoms with Gasteiger partial charge in [0, 0.05) is 0 Å². The van der Waals surface area contributed by atoms with Crippen LogP contribution in [-0.4, -0.2) is 24.3 Å². The molecule has 0 aromatic carbocycles. The quantitative estimate of drug-likeness (QED) is 0.660. The minimum atomic E-state index is -0.503. The number of rotatable bonds is 4. The monoisotopic (exact) mass is 185 g/mol. The summed E-state index contributed by atoms with van der Waals surface area (Å²) in [7, 11) is 0. The van der Waals surface area contributed by atoms with E-state index in [-0.39, 0.29) is 11.6 Å². The molecule has 72 valence electrons. The van der Waals surface area contributed by atoms with Crippen molar-refractivity contribution in [2.75, 3.05) is 13.2 Å². The van der Waals surface area contributed by atoms with Gasteiger partial charge >= 0.3 is 11.9 Å². The van der Waals surface area contributed by atoms with Crippen molar-refractivity contribution >= 4 is 5.97 Å². The van der Waals surface area contributed by atoms with E-state index < -0.39 is 5.97 Å². The summed E-state index contributed by atoms with van der Waals surface area (Å²) < 4.78 is 14.4. The molecule has 0 amide bonds. The third-order valence-electron chi connectivity index (χ3n) is 1.26. The molecular weight excluding hydrogens is 174 g/mol. The molecule has 1 heterocycles. The summed E-state index contributed by atoms with van der Waals surface area (Å²) in [5.74, 6) is -0.275. The predicted molar refractivity (Wildman–Crippen MR) is 43.6 cm³/mol. The Bertz CT molecular complexity index is 281. The Morgan fingerprint density at radius 2 is 2.31 bits per heavy atom. The van der Waals surface area contributed by atoms with Gasteiger partial charge in [0.25, 0.3) is 0 Å². The molecule has 0 aliphatic heterocycles. The SMILES string of the molecule is CCOC(=O)c1cc(OCC)on1. The van der Waals surface area contributed by atoms with Crippen LogP contribution in [0.4, 0.5) is 0 Å². The van der Waals surface area contributed by atoms with Gasteiger partial charge < -0.3 is 14.0 Å². The molecule has 0 spiro atoms. The van der Waals surface area contributed by atoms with Crippen LogP contribution in [0.25, 0.3) is 0 Å². The zero-order valence-electron chi connectivity index (χ0n) is 7.57. The van der Waals surface area contributed by atoms with Crippen LogP contribution in [0.1, 0.15) is 24.3 Å². The van der Waals surface area contributed by atoms with Crippen LogP contribution in [0.15, 0.2) is 10.6 Å². The third kappa shape index (κ3) is 2.47. The fourth-order valence-corrected chi connectivity index (χ4v) is 0.770. The first-order valence-corrected chi connectivity index (χ1v) is 4.04. The Labute approximate surface area is 75.6 Å². The number of carbonyl (C=O) groups excluding carboxylic acids is 1. The molecule has 0 aliphatic rings. The van der Waals surface area contributed by atoms with Gasteiger partial charge in [-0.05, 0) is 13.8 Å². The van der Waals surface area contributed by atoms with Crippen LogP contribution >= 0.6 is 0 Å². The van der Waals surface area contributed by atoms with Crippen LogP contribution in [0, 0.1) is 0 Å². The Morgan fingerprint density at radius 3 is 2.92 bits per heavy atom. The number of esters is 1. The second-order valence-corrected chi connectivity index (χ2v) is 2.18. The van der Waals surface area contributed by atoms with Crippen molar-refractivity contribution in [3.05, 3.63) is 11.8 Å². The maximum atomic E-state index is 11.1. The van der Waals surface area contributed by atoms with Gasteiger partial charge in [0.15, 0.2) is 5.69 Å². The molecule has 5 heteroatoms. The average Bonchev–Trinajstić information content (AvgIpc) is 2.54. The minimum absolute atomic E-state index is 0.130. The minimum Gasteiger partial charge on any atom is -0.464 e. The lowest BCUT2D eigenvalue weighted by Gasteiger charge is -1.94. The lowest BCUT2D eigenvalue weighted by atomic mass is 10.4. The molecule has 0 bridgehead atoms. The van der Waals surface area contributed by atoms with Crippen LogP contribution in [0.3, 0.4) is 0 Å². The van der Waals surface area contributed by atoms with E-state index in [2.05, 4.69) is 5.16 Å². The molecule has 1 aromatic rings. The Morgan fingerprint density at radius 1 is 1.54 bits per heavy atom. The van der Waals surface area contributed by atoms with Crippen molar-refractivity contribution in [2.24, 2.45) is 0 Å². The number of carbonyl (C=O) groups is 1. The highest BCUT2D eigenvalue weighted by Crippen LogP contribution is 2.12. The molecule has 1 aromatic heterocycles. The molecule has 0 unspecified atom stereocenters. The topological polar surface area (TPSA) is 61.6 Å². The summed E-state index contributed by atoms with van der Waals surface area (Å²) in [5, 5.41) is 3.48. The lowest BCUT2D eigenvalue weighted by Crippen LogP contribution is -2.04. The van der Waals surface area contributed by atoms with E-state index in [1.165, 1.54) is 6.07 Å². The molecule has 0 saturated heterocycles. The number of hydrogen-bond donors (Lipinski definition) is 0. The maximum absolute atomic E-state index is 11.1. The van der Waals surface area contributed by atoms with Gasteiger partial charge in [-0.25, -0.2) is 4.79 Å². The number of aromatic nitrogens is 1. The van der Waals surface area contributed by atoms with Gasteiger partial charge in [0.2, 0.25) is 0 Å². The molecule has 0 atom stereocenters. The molecule has 0 saturated carbocycles. The van der Waals surface area contributed by atoms with E-state index in [1.54, 1.807) is 6.92 Å². The number of hydrogen-bond acceptors (Lipinski definition) is 5. The highest BCUT2D eigenvalue weighted by molar-refractivity contribution is 5.87. The van der Waals surface area contributed by atoms with Gasteiger partial charge in [-0.15, -0.1) is 0 Å². The van der Waals surface area contributed by atoms with Crippen LogP contribution in [0.5, 0.6) is 5.95 Å². The van der Waals surface area contributed by atoms with Crippen molar-refractivity contribution in [3.8, 4) is 5.95 Å². The van der Waals surface area contributed by atoms with E-state index in [4.69, 9.17) is 14.0 Å². The van der Waals surface area contributed by atoms with Crippen LogP contribution in [-0.2, 0) is 4.74 Å². The molecule has 0 fully saturated rings. The van der Waals surface area contributed by atoms with Crippen molar-refractivity contribution in [3.63, 3.8) is 0 Å². The predicted octanol–water partition coefficient (Wildman–Crippen LogP) is 1.25. The molecule has 13 heavy (non-hydrogen) atoms. The van der Waals surface area contributed by atoms with Gasteiger partial charge in [-0.2, -0.15) is 0 Å². The number of nitrogens with zero attached hydrogens (tertiary/aromatic N) is 1. The van der Waals surface area contributed by atoms with Crippen molar-refractivity contribution < 1.29 is 18.8 Å². The Balaban J connectivity index is 2.62. The maximum Gasteiger partial charge on any atom is 0.360 e. The zero-order valence-corrected chi connectivity index (χ0v) is 7.57. The third-order valence-corrected chi connectivity index (χ3v) is 1.26. The normalized spacial score (nSPS) is 9.69. The summed E-state index contributed by atoms with van der Waals surface area (Å²) in [4.78, 5) is 11.1. The summed E-state index contributed by atoms with van der Waals surface area (Å²) in [6, 6.07) is 1.40. The molecular formula is C8H11NO4. The van der Waals surface area contributed by atoms with Gasteiger partial charge in [0.05, 0.1) is 19.3 Å². The fourth-order valence-electron chi connectivity index (χ4n) is 0.770. The number of ether oxygens (including phenoxy) is 2. The molecule has 1 rings (SSSR count). The standard InChI is InChI=1S/C8H11NO4/c1-3-11-7-5-6(9-13-7)8(10)12-4-2/h5H,3-4H2,1-2H3. The molecule has 0 aliphatic carbocycles. The Hall–Kier alpha value is -1.52. The van der Waals surface area contributed by atoms with E-state index in [0.717, 1.165) is 0 Å². The van der Waals surface area contributed by atoms with Crippen molar-refractivity contribution in [2.45, 2.75) is 13.8 Å². The average molecular weight is 185 g/mol. The van der Waals surface area contributed by atoms with E-state index >= 15 is 0 Å². The highest BCUT2D eigenvalue weighted by Gasteiger charge is 2.13. The van der Waals surface area contributed by atoms with Crippen molar-refractivity contribution in [1.82, 2.24) is 5.16 Å². The fraction of sp³-hybridized carbons (Fsp3) is 0.500. The van der Waals surface area contributed by atoms with Gasteiger partial charge in [-0.3, -0.25) is 0 Å². The lowest BCUT2D eigenvalue weighted by molar-refractivity contribution is 0.0514. The first-order valence-electron chi connectivity index (χ1n) is 4.04. The smallest absolute Gasteiger partial charge is 0.360 e. The first kappa shape index (κ1) is 9.57. The highest BCUT2D eigenvalue weighted by atomic mass is 16.6. The van der Waals surface area contributed by atoms with Gasteiger partial charge in [-0.1, -0.05) is 5.16 Å². The molecule has 0 radical (unpaired) electrons.